The summed E-state index contributed by atoms with van der Waals surface area (Å²) in [5.74, 6) is 0. The summed E-state index contributed by atoms with van der Waals surface area (Å²) in [6, 6.07) is 3.08. The number of halogens is 2. The van der Waals surface area contributed by atoms with E-state index in [9.17, 15) is 15.5 Å². The molecule has 1 saturated heterocycles. The van der Waals surface area contributed by atoms with Crippen molar-refractivity contribution < 1.29 is 19.7 Å². The van der Waals surface area contributed by atoms with Gasteiger partial charge >= 0.3 is 0 Å². The lowest BCUT2D eigenvalue weighted by molar-refractivity contribution is -0.186. The Labute approximate surface area is 210 Å². The minimum absolute atomic E-state index is 0.226. The lowest BCUT2D eigenvalue weighted by Crippen LogP contribution is -2.55. The van der Waals surface area contributed by atoms with Crippen LogP contribution >= 0.6 is 50.6 Å². The van der Waals surface area contributed by atoms with Gasteiger partial charge in [0.2, 0.25) is 0 Å². The molecule has 10 nitrogen and oxygen atoms in total. The molecule has 1 aliphatic heterocycles. The number of aliphatic hydroxyl groups is 2. The van der Waals surface area contributed by atoms with Gasteiger partial charge < -0.3 is 19.7 Å². The van der Waals surface area contributed by atoms with Crippen LogP contribution in [0.5, 0.6) is 0 Å². The van der Waals surface area contributed by atoms with E-state index in [1.54, 1.807) is 19.2 Å². The van der Waals surface area contributed by atoms with Crippen LogP contribution in [-0.2, 0) is 9.47 Å². The zero-order valence-electron chi connectivity index (χ0n) is 17.3. The molecule has 174 valence electrons. The molecule has 3 aromatic heterocycles. The van der Waals surface area contributed by atoms with Gasteiger partial charge in [0.15, 0.2) is 5.69 Å². The van der Waals surface area contributed by atoms with Gasteiger partial charge in [0, 0.05) is 22.7 Å². The number of hydrogen-bond donors (Lipinski definition) is 2. The summed E-state index contributed by atoms with van der Waals surface area (Å²) >= 11 is 12.0. The van der Waals surface area contributed by atoms with Gasteiger partial charge in [-0.25, -0.2) is 14.6 Å². The zero-order chi connectivity index (χ0) is 23.7. The van der Waals surface area contributed by atoms with Crippen LogP contribution in [0.1, 0.15) is 17.4 Å². The molecule has 1 fully saturated rings. The van der Waals surface area contributed by atoms with Crippen molar-refractivity contribution in [1.82, 2.24) is 25.0 Å². The van der Waals surface area contributed by atoms with Crippen LogP contribution in [0.4, 0.5) is 0 Å². The third-order valence-electron chi connectivity index (χ3n) is 5.04. The summed E-state index contributed by atoms with van der Waals surface area (Å²) in [4.78, 5) is 9.08. The van der Waals surface area contributed by atoms with E-state index in [1.807, 2.05) is 0 Å². The van der Waals surface area contributed by atoms with Crippen molar-refractivity contribution in [3.8, 4) is 16.8 Å². The van der Waals surface area contributed by atoms with Gasteiger partial charge in [0.05, 0.1) is 18.5 Å². The molecule has 3 aromatic rings. The number of aliphatic hydroxyl groups excluding tert-OH is 2. The summed E-state index contributed by atoms with van der Waals surface area (Å²) in [5.41, 5.74) is 0.730. The maximum absolute atomic E-state index is 11.0. The maximum atomic E-state index is 11.0. The Morgan fingerprint density at radius 3 is 2.91 bits per heavy atom. The van der Waals surface area contributed by atoms with E-state index < -0.39 is 36.4 Å². The van der Waals surface area contributed by atoms with Crippen molar-refractivity contribution in [1.29, 1.82) is 5.26 Å². The van der Waals surface area contributed by atoms with E-state index in [-0.39, 0.29) is 5.69 Å². The van der Waals surface area contributed by atoms with Crippen LogP contribution in [-0.4, -0.2) is 72.6 Å². The quantitative estimate of drug-likeness (QED) is 0.452. The molecular formula is C19H18BrClN6O4S2. The monoisotopic (exact) mass is 572 g/mol. The van der Waals surface area contributed by atoms with Crippen molar-refractivity contribution >= 4 is 50.6 Å². The second kappa shape index (κ2) is 10.3. The molecule has 2 N–H and O–H groups in total. The predicted molar refractivity (Wildman–Crippen MR) is 125 cm³/mol. The molecule has 0 amide bonds. The van der Waals surface area contributed by atoms with Crippen LogP contribution < -0.4 is 0 Å². The maximum Gasteiger partial charge on any atom is 0.154 e. The number of nitriles is 1. The minimum Gasteiger partial charge on any atom is -0.394 e. The molecule has 1 aliphatic rings. The highest BCUT2D eigenvalue weighted by atomic mass is 79.9. The summed E-state index contributed by atoms with van der Waals surface area (Å²) < 4.78 is 14.4. The number of thioether (sulfide) groups is 1. The molecule has 4 heterocycles. The average Bonchev–Trinajstić information content (AvgIpc) is 3.41. The Morgan fingerprint density at radius 2 is 2.27 bits per heavy atom. The predicted octanol–water partition coefficient (Wildman–Crippen LogP) is 2.82. The molecule has 14 heteroatoms. The summed E-state index contributed by atoms with van der Waals surface area (Å²) in [7, 11) is 1.49. The number of ether oxygens (including phenoxy) is 2. The molecule has 5 unspecified atom stereocenters. The lowest BCUT2D eigenvalue weighted by atomic mass is 9.97. The van der Waals surface area contributed by atoms with Crippen molar-refractivity contribution in [2.45, 2.75) is 41.6 Å². The van der Waals surface area contributed by atoms with E-state index in [1.165, 1.54) is 41.1 Å². The first-order valence-corrected chi connectivity index (χ1v) is 12.5. The number of pyridine rings is 1. The van der Waals surface area contributed by atoms with Gasteiger partial charge in [-0.05, 0) is 28.9 Å². The Bertz CT molecular complexity index is 1170. The normalized spacial score (nSPS) is 25.2. The molecular weight excluding hydrogens is 556 g/mol. The summed E-state index contributed by atoms with van der Waals surface area (Å²) in [6.45, 7) is 1.38. The number of thiazole rings is 1. The first kappa shape index (κ1) is 24.5. The highest BCUT2D eigenvalue weighted by molar-refractivity contribution is 9.10. The van der Waals surface area contributed by atoms with E-state index in [0.717, 1.165) is 0 Å². The fourth-order valence-corrected chi connectivity index (χ4v) is 6.18. The molecule has 5 atom stereocenters. The van der Waals surface area contributed by atoms with Crippen LogP contribution in [0.15, 0.2) is 27.8 Å². The van der Waals surface area contributed by atoms with E-state index in [2.05, 4.69) is 42.3 Å². The second-order valence-electron chi connectivity index (χ2n) is 7.10. The number of aryl methyl sites for hydroxylation is 1. The van der Waals surface area contributed by atoms with Crippen LogP contribution in [0.2, 0.25) is 4.34 Å². The van der Waals surface area contributed by atoms with Gasteiger partial charge in [0.1, 0.15) is 50.9 Å². The van der Waals surface area contributed by atoms with Crippen LogP contribution in [0.3, 0.4) is 0 Å². The van der Waals surface area contributed by atoms with Gasteiger partial charge in [0.25, 0.3) is 0 Å². The topological polar surface area (TPSA) is 139 Å². The SMILES string of the molecule is COC1C(Sc2cc(Br)cnc2C#N)OC(CO)C(O)C1n1cc(-c2nc(C)c(Cl)s2)nn1. The molecule has 0 saturated carbocycles. The van der Waals surface area contributed by atoms with Gasteiger partial charge in [-0.2, -0.15) is 5.26 Å². The van der Waals surface area contributed by atoms with Gasteiger partial charge in [-0.15, -0.1) is 5.10 Å². The van der Waals surface area contributed by atoms with Crippen molar-refractivity contribution in [2.75, 3.05) is 13.7 Å². The standard InChI is InChI=1S/C19H18BrClN6O4S2/c1-8-17(21)33-18(24-8)11-6-27(26-25-11)14-15(29)12(7-28)31-19(16(14)30-2)32-13-3-9(20)5-23-10(13)4-22/h3,5-6,12,14-16,19,28-29H,7H2,1-2H3. The Morgan fingerprint density at radius 1 is 1.48 bits per heavy atom. The number of nitrogens with zero attached hydrogens (tertiary/aromatic N) is 6. The molecule has 0 spiro atoms. The number of hydrogen-bond acceptors (Lipinski definition) is 11. The average molecular weight is 574 g/mol. The number of methoxy groups -OCH3 is 1. The first-order valence-electron chi connectivity index (χ1n) is 9.60. The highest BCUT2D eigenvalue weighted by Crippen LogP contribution is 2.41. The minimum atomic E-state index is -1.14. The Kier molecular flexibility index (Phi) is 7.66. The smallest absolute Gasteiger partial charge is 0.154 e. The van der Waals surface area contributed by atoms with E-state index in [4.69, 9.17) is 21.1 Å². The molecule has 4 rings (SSSR count). The first-order chi connectivity index (χ1) is 15.9. The molecule has 0 bridgehead atoms. The fraction of sp³-hybridized carbons (Fsp3) is 0.421. The number of rotatable bonds is 6. The largest absolute Gasteiger partial charge is 0.394 e. The van der Waals surface area contributed by atoms with Gasteiger partial charge in [-0.1, -0.05) is 39.9 Å². The van der Waals surface area contributed by atoms with Crippen LogP contribution in [0.25, 0.3) is 10.7 Å². The third kappa shape index (κ3) is 4.94. The lowest BCUT2D eigenvalue weighted by Gasteiger charge is -2.43. The summed E-state index contributed by atoms with van der Waals surface area (Å²) in [6.07, 6.45) is 0.439. The Balaban J connectivity index is 1.68. The second-order valence-corrected chi connectivity index (χ2v) is 10.8. The highest BCUT2D eigenvalue weighted by Gasteiger charge is 2.47. The van der Waals surface area contributed by atoms with Crippen LogP contribution in [0, 0.1) is 18.3 Å². The molecule has 0 aromatic carbocycles. The van der Waals surface area contributed by atoms with E-state index >= 15 is 0 Å². The van der Waals surface area contributed by atoms with Crippen molar-refractivity contribution in [2.24, 2.45) is 0 Å². The molecule has 0 aliphatic carbocycles. The summed E-state index contributed by atoms with van der Waals surface area (Å²) in [5, 5.41) is 39.2. The zero-order valence-corrected chi connectivity index (χ0v) is 21.3. The van der Waals surface area contributed by atoms with Gasteiger partial charge in [-0.3, -0.25) is 0 Å². The van der Waals surface area contributed by atoms with E-state index in [0.29, 0.717) is 30.1 Å². The third-order valence-corrected chi connectivity index (χ3v) is 8.12. The number of aromatic nitrogens is 5. The fourth-order valence-electron chi connectivity index (χ4n) is 3.44. The van der Waals surface area contributed by atoms with Crippen molar-refractivity contribution in [3.05, 3.63) is 38.7 Å². The van der Waals surface area contributed by atoms with Crippen molar-refractivity contribution in [3.63, 3.8) is 0 Å². The molecule has 33 heavy (non-hydrogen) atoms. The Hall–Kier alpha value is -1.63. The molecule has 0 radical (unpaired) electrons.